The van der Waals surface area contributed by atoms with Crippen molar-refractivity contribution in [3.05, 3.63) is 29.8 Å². The van der Waals surface area contributed by atoms with Gasteiger partial charge < -0.3 is 16.0 Å². The first-order valence-corrected chi connectivity index (χ1v) is 9.37. The number of carbonyl (C=O) groups excluding carboxylic acids is 1. The summed E-state index contributed by atoms with van der Waals surface area (Å²) < 4.78 is 28.0. The zero-order valence-electron chi connectivity index (χ0n) is 13.8. The third-order valence-electron chi connectivity index (χ3n) is 4.68. The Balaban J connectivity index is 1.74. The normalized spacial score (nSPS) is 20.7. The van der Waals surface area contributed by atoms with Gasteiger partial charge in [-0.05, 0) is 37.8 Å². The van der Waals surface area contributed by atoms with Crippen LogP contribution >= 0.6 is 0 Å². The number of rotatable bonds is 5. The lowest BCUT2D eigenvalue weighted by Gasteiger charge is -2.30. The van der Waals surface area contributed by atoms with E-state index in [0.29, 0.717) is 23.9 Å². The van der Waals surface area contributed by atoms with Crippen molar-refractivity contribution in [3.8, 4) is 0 Å². The first-order valence-electron chi connectivity index (χ1n) is 7.93. The zero-order valence-corrected chi connectivity index (χ0v) is 14.6. The van der Waals surface area contributed by atoms with Crippen molar-refractivity contribution in [2.24, 2.45) is 16.0 Å². The van der Waals surface area contributed by atoms with Crippen LogP contribution < -0.4 is 11.1 Å². The fourth-order valence-electron chi connectivity index (χ4n) is 3.05. The minimum Gasteiger partial charge on any atom is -0.349 e. The van der Waals surface area contributed by atoms with E-state index in [-0.39, 0.29) is 17.3 Å². The molecule has 0 bridgehead atoms. The molecule has 3 rings (SSSR count). The van der Waals surface area contributed by atoms with Crippen LogP contribution in [-0.2, 0) is 14.8 Å². The maximum Gasteiger partial charge on any atom is 0.285 e. The Bertz CT molecular complexity index is 801. The summed E-state index contributed by atoms with van der Waals surface area (Å²) in [5.74, 6) is 0.519. The van der Waals surface area contributed by atoms with Crippen LogP contribution in [0.2, 0.25) is 0 Å². The SMILES string of the molecule is CN(CC(=O)NC(C)(CN)C1CC1)C1=NS(=O)(=O)c2ccccc21. The average molecular weight is 350 g/mol. The molecule has 7 nitrogen and oxygen atoms in total. The quantitative estimate of drug-likeness (QED) is 0.795. The number of likely N-dealkylation sites (N-methyl/N-ethyl adjacent to an activating group) is 1. The monoisotopic (exact) mass is 350 g/mol. The fourth-order valence-corrected chi connectivity index (χ4v) is 4.30. The van der Waals surface area contributed by atoms with E-state index in [2.05, 4.69) is 9.71 Å². The van der Waals surface area contributed by atoms with Gasteiger partial charge in [-0.15, -0.1) is 4.40 Å². The minimum absolute atomic E-state index is 0.0188. The molecule has 1 unspecified atom stereocenters. The van der Waals surface area contributed by atoms with Gasteiger partial charge in [-0.25, -0.2) is 0 Å². The number of hydrogen-bond donors (Lipinski definition) is 2. The highest BCUT2D eigenvalue weighted by molar-refractivity contribution is 7.90. The molecule has 0 spiro atoms. The molecule has 1 fully saturated rings. The standard InChI is InChI=1S/C16H22N4O3S/c1-16(10-17,11-7-8-11)18-14(21)9-20(2)15-12-5-3-4-6-13(12)24(22,23)19-15/h3-6,11H,7-10,17H2,1-2H3,(H,18,21). The van der Waals surface area contributed by atoms with Gasteiger partial charge in [0.25, 0.3) is 10.0 Å². The first-order chi connectivity index (χ1) is 11.3. The predicted octanol–water partition coefficient (Wildman–Crippen LogP) is 0.311. The summed E-state index contributed by atoms with van der Waals surface area (Å²) in [5.41, 5.74) is 5.94. The van der Waals surface area contributed by atoms with Crippen LogP contribution in [0.1, 0.15) is 25.3 Å². The van der Waals surface area contributed by atoms with Crippen molar-refractivity contribution in [1.82, 2.24) is 10.2 Å². The molecule has 0 radical (unpaired) electrons. The Morgan fingerprint density at radius 2 is 2.08 bits per heavy atom. The first kappa shape index (κ1) is 16.9. The number of benzene rings is 1. The zero-order chi connectivity index (χ0) is 17.5. The summed E-state index contributed by atoms with van der Waals surface area (Å²) in [5, 5.41) is 2.99. The third kappa shape index (κ3) is 3.03. The number of sulfonamides is 1. The van der Waals surface area contributed by atoms with Crippen LogP contribution in [0.5, 0.6) is 0 Å². The molecule has 0 aromatic heterocycles. The van der Waals surface area contributed by atoms with E-state index in [4.69, 9.17) is 5.73 Å². The van der Waals surface area contributed by atoms with Gasteiger partial charge in [-0.3, -0.25) is 4.79 Å². The molecule has 1 amide bonds. The van der Waals surface area contributed by atoms with Crippen molar-refractivity contribution in [2.75, 3.05) is 20.1 Å². The Morgan fingerprint density at radius 3 is 2.71 bits per heavy atom. The van der Waals surface area contributed by atoms with Crippen molar-refractivity contribution in [3.63, 3.8) is 0 Å². The van der Waals surface area contributed by atoms with Gasteiger partial charge in [0.15, 0.2) is 5.84 Å². The molecule has 1 aromatic rings. The highest BCUT2D eigenvalue weighted by Crippen LogP contribution is 2.39. The number of nitrogens with two attached hydrogens (primary N) is 1. The van der Waals surface area contributed by atoms with Gasteiger partial charge in [0.05, 0.1) is 12.1 Å². The van der Waals surface area contributed by atoms with E-state index in [0.717, 1.165) is 12.8 Å². The Kier molecular flexibility index (Phi) is 4.13. The summed E-state index contributed by atoms with van der Waals surface area (Å²) in [7, 11) is -2.02. The topological polar surface area (TPSA) is 105 Å². The maximum absolute atomic E-state index is 12.4. The summed E-state index contributed by atoms with van der Waals surface area (Å²) in [4.78, 5) is 14.1. The highest BCUT2D eigenvalue weighted by Gasteiger charge is 2.41. The third-order valence-corrected chi connectivity index (χ3v) is 6.01. The van der Waals surface area contributed by atoms with E-state index < -0.39 is 15.6 Å². The van der Waals surface area contributed by atoms with Crippen molar-refractivity contribution >= 4 is 21.8 Å². The molecule has 0 saturated heterocycles. The van der Waals surface area contributed by atoms with Crippen molar-refractivity contribution < 1.29 is 13.2 Å². The number of carbonyl (C=O) groups is 1. The molecule has 24 heavy (non-hydrogen) atoms. The van der Waals surface area contributed by atoms with Crippen LogP contribution in [0.25, 0.3) is 0 Å². The molecule has 3 N–H and O–H groups in total. The summed E-state index contributed by atoms with van der Waals surface area (Å²) in [6.07, 6.45) is 2.14. The van der Waals surface area contributed by atoms with Crippen LogP contribution in [0.3, 0.4) is 0 Å². The van der Waals surface area contributed by atoms with E-state index in [1.54, 1.807) is 30.1 Å². The molecule has 1 aliphatic heterocycles. The smallest absolute Gasteiger partial charge is 0.285 e. The number of amides is 1. The van der Waals surface area contributed by atoms with Crippen LogP contribution in [0.4, 0.5) is 0 Å². The number of nitrogens with one attached hydrogen (secondary N) is 1. The van der Waals surface area contributed by atoms with Gasteiger partial charge in [-0.1, -0.05) is 12.1 Å². The highest BCUT2D eigenvalue weighted by atomic mass is 32.2. The minimum atomic E-state index is -3.68. The Morgan fingerprint density at radius 1 is 1.42 bits per heavy atom. The molecule has 8 heteroatoms. The number of amidine groups is 1. The second kappa shape index (κ2) is 5.86. The molecular formula is C16H22N4O3S. The fraction of sp³-hybridized carbons (Fsp3) is 0.500. The molecule has 1 saturated carbocycles. The van der Waals surface area contributed by atoms with E-state index in [1.807, 2.05) is 6.92 Å². The second-order valence-corrected chi connectivity index (χ2v) is 8.26. The van der Waals surface area contributed by atoms with Gasteiger partial charge in [0.1, 0.15) is 4.90 Å². The average Bonchev–Trinajstić information content (AvgIpc) is 3.34. The van der Waals surface area contributed by atoms with Crippen LogP contribution in [-0.4, -0.2) is 50.7 Å². The molecule has 2 aliphatic rings. The van der Waals surface area contributed by atoms with Gasteiger partial charge in [0.2, 0.25) is 5.91 Å². The Labute approximate surface area is 142 Å². The summed E-state index contributed by atoms with van der Waals surface area (Å²) >= 11 is 0. The van der Waals surface area contributed by atoms with Crippen LogP contribution in [0.15, 0.2) is 33.6 Å². The van der Waals surface area contributed by atoms with E-state index >= 15 is 0 Å². The largest absolute Gasteiger partial charge is 0.349 e. The molecule has 130 valence electrons. The summed E-state index contributed by atoms with van der Waals surface area (Å²) in [6.45, 7) is 2.35. The number of nitrogens with zero attached hydrogens (tertiary/aromatic N) is 2. The molecule has 1 aromatic carbocycles. The maximum atomic E-state index is 12.4. The molecular weight excluding hydrogens is 328 g/mol. The molecule has 1 heterocycles. The van der Waals surface area contributed by atoms with Crippen molar-refractivity contribution in [2.45, 2.75) is 30.2 Å². The number of fused-ring (bicyclic) bond motifs is 1. The van der Waals surface area contributed by atoms with E-state index in [9.17, 15) is 13.2 Å². The lowest BCUT2D eigenvalue weighted by atomic mass is 9.96. The lowest BCUT2D eigenvalue weighted by Crippen LogP contribution is -2.55. The molecule has 1 aliphatic carbocycles. The van der Waals surface area contributed by atoms with Gasteiger partial charge in [-0.2, -0.15) is 8.42 Å². The molecule has 1 atom stereocenters. The lowest BCUT2D eigenvalue weighted by molar-refractivity contribution is -0.123. The predicted molar refractivity (Wildman–Crippen MR) is 91.1 cm³/mol. The van der Waals surface area contributed by atoms with Crippen LogP contribution in [0, 0.1) is 5.92 Å². The van der Waals surface area contributed by atoms with Gasteiger partial charge >= 0.3 is 0 Å². The van der Waals surface area contributed by atoms with E-state index in [1.165, 1.54) is 6.07 Å². The second-order valence-electron chi connectivity index (χ2n) is 6.69. The Hall–Kier alpha value is -1.93. The van der Waals surface area contributed by atoms with Gasteiger partial charge in [0, 0.05) is 19.2 Å². The van der Waals surface area contributed by atoms with Crippen molar-refractivity contribution in [1.29, 1.82) is 0 Å². The number of hydrogen-bond acceptors (Lipinski definition) is 5. The summed E-state index contributed by atoms with van der Waals surface area (Å²) in [6, 6.07) is 6.63.